The van der Waals surface area contributed by atoms with Crippen LogP contribution in [0, 0.1) is 25.5 Å². The van der Waals surface area contributed by atoms with Crippen molar-refractivity contribution in [2.75, 3.05) is 14.2 Å². The second kappa shape index (κ2) is 9.11. The summed E-state index contributed by atoms with van der Waals surface area (Å²) in [5, 5.41) is 0.0247. The minimum Gasteiger partial charge on any atom is -0.496 e. The Morgan fingerprint density at radius 2 is 1.36 bits per heavy atom. The van der Waals surface area contributed by atoms with Crippen LogP contribution >= 0.6 is 0 Å². The number of hydrogen-bond acceptors (Lipinski definition) is 5. The van der Waals surface area contributed by atoms with Gasteiger partial charge in [0.15, 0.2) is 0 Å². The topological polar surface area (TPSA) is 70.3 Å². The van der Waals surface area contributed by atoms with E-state index < -0.39 is 23.6 Å². The molecule has 4 aromatic rings. The molecule has 1 aromatic heterocycles. The fourth-order valence-electron chi connectivity index (χ4n) is 4.29. The molecule has 0 aliphatic rings. The van der Waals surface area contributed by atoms with Gasteiger partial charge in [-0.05, 0) is 60.4 Å². The monoisotopic (exact) mass is 449 g/mol. The van der Waals surface area contributed by atoms with E-state index >= 15 is 4.39 Å². The Kier molecular flexibility index (Phi) is 6.24. The van der Waals surface area contributed by atoms with Crippen LogP contribution in [0.4, 0.5) is 8.78 Å². The average Bonchev–Trinajstić information content (AvgIpc) is 2.81. The van der Waals surface area contributed by atoms with E-state index in [0.717, 1.165) is 45.9 Å². The summed E-state index contributed by atoms with van der Waals surface area (Å²) in [6.45, 7) is 3.84. The van der Waals surface area contributed by atoms with Gasteiger partial charge in [0.1, 0.15) is 35.0 Å². The summed E-state index contributed by atoms with van der Waals surface area (Å²) < 4.78 is 40.3. The quantitative estimate of drug-likeness (QED) is 0.428. The SMILES string of the molecule is COc1ccc(C(N)C(c2ccc(OC)c(C)c2)c2ncnc3c(F)ccc(F)c23)cc1C. The van der Waals surface area contributed by atoms with Gasteiger partial charge in [0.05, 0.1) is 25.3 Å². The van der Waals surface area contributed by atoms with Gasteiger partial charge in [0, 0.05) is 12.0 Å². The van der Waals surface area contributed by atoms with Gasteiger partial charge in [0.25, 0.3) is 0 Å². The summed E-state index contributed by atoms with van der Waals surface area (Å²) in [6.07, 6.45) is 1.25. The Hall–Kier alpha value is -3.58. The number of ether oxygens (including phenoxy) is 2. The minimum absolute atomic E-state index is 0.0247. The Morgan fingerprint density at radius 3 is 1.97 bits per heavy atom. The molecule has 0 saturated carbocycles. The molecule has 0 saturated heterocycles. The van der Waals surface area contributed by atoms with Crippen molar-refractivity contribution < 1.29 is 18.3 Å². The van der Waals surface area contributed by atoms with Crippen LogP contribution in [0.15, 0.2) is 54.9 Å². The molecule has 0 amide bonds. The van der Waals surface area contributed by atoms with Gasteiger partial charge >= 0.3 is 0 Å². The maximum absolute atomic E-state index is 15.0. The summed E-state index contributed by atoms with van der Waals surface area (Å²) in [4.78, 5) is 8.40. The zero-order valence-electron chi connectivity index (χ0n) is 18.9. The van der Waals surface area contributed by atoms with Gasteiger partial charge in [0.2, 0.25) is 0 Å². The van der Waals surface area contributed by atoms with Crippen LogP contribution in [0.2, 0.25) is 0 Å². The van der Waals surface area contributed by atoms with Gasteiger partial charge in [-0.2, -0.15) is 0 Å². The first-order valence-electron chi connectivity index (χ1n) is 10.5. The lowest BCUT2D eigenvalue weighted by Gasteiger charge is -2.27. The van der Waals surface area contributed by atoms with E-state index in [-0.39, 0.29) is 10.9 Å². The van der Waals surface area contributed by atoms with E-state index in [9.17, 15) is 4.39 Å². The zero-order valence-corrected chi connectivity index (χ0v) is 18.9. The smallest absolute Gasteiger partial charge is 0.149 e. The molecule has 2 unspecified atom stereocenters. The summed E-state index contributed by atoms with van der Waals surface area (Å²) in [5.74, 6) is -0.340. The molecular formula is C26H25F2N3O2. The molecule has 0 aliphatic heterocycles. The maximum Gasteiger partial charge on any atom is 0.149 e. The van der Waals surface area contributed by atoms with Crippen molar-refractivity contribution in [3.8, 4) is 11.5 Å². The number of methoxy groups -OCH3 is 2. The number of nitrogens with two attached hydrogens (primary N) is 1. The highest BCUT2D eigenvalue weighted by molar-refractivity contribution is 5.83. The Labute approximate surface area is 191 Å². The van der Waals surface area contributed by atoms with Gasteiger partial charge in [-0.1, -0.05) is 24.3 Å². The Bertz CT molecular complexity index is 1330. The number of benzene rings is 3. The van der Waals surface area contributed by atoms with E-state index in [1.54, 1.807) is 14.2 Å². The second-order valence-corrected chi connectivity index (χ2v) is 7.97. The number of halogens is 2. The van der Waals surface area contributed by atoms with Crippen molar-refractivity contribution in [2.45, 2.75) is 25.8 Å². The third kappa shape index (κ3) is 4.12. The first-order valence-corrected chi connectivity index (χ1v) is 10.5. The average molecular weight is 450 g/mol. The predicted molar refractivity (Wildman–Crippen MR) is 124 cm³/mol. The fraction of sp³-hybridized carbons (Fsp3) is 0.231. The molecule has 7 heteroatoms. The van der Waals surface area contributed by atoms with E-state index in [0.29, 0.717) is 5.69 Å². The summed E-state index contributed by atoms with van der Waals surface area (Å²) >= 11 is 0. The normalized spacial score (nSPS) is 13.1. The van der Waals surface area contributed by atoms with E-state index in [1.165, 1.54) is 6.33 Å². The van der Waals surface area contributed by atoms with Crippen LogP contribution in [-0.4, -0.2) is 24.2 Å². The Morgan fingerprint density at radius 1 is 0.788 bits per heavy atom. The molecular weight excluding hydrogens is 424 g/mol. The van der Waals surface area contributed by atoms with E-state index in [1.807, 2.05) is 50.2 Å². The van der Waals surface area contributed by atoms with E-state index in [4.69, 9.17) is 15.2 Å². The van der Waals surface area contributed by atoms with Crippen LogP contribution in [0.3, 0.4) is 0 Å². The second-order valence-electron chi connectivity index (χ2n) is 7.97. The standard InChI is InChI=1S/C26H25F2N3O2/c1-14-11-16(5-9-20(14)32-3)22(24(29)17-6-10-21(33-4)15(2)12-17)26-23-18(27)7-8-19(28)25(23)30-13-31-26/h5-13,22,24H,29H2,1-4H3. The van der Waals surface area contributed by atoms with Crippen molar-refractivity contribution in [1.82, 2.24) is 9.97 Å². The molecule has 2 atom stereocenters. The minimum atomic E-state index is -0.617. The molecule has 3 aromatic carbocycles. The molecule has 33 heavy (non-hydrogen) atoms. The lowest BCUT2D eigenvalue weighted by Crippen LogP contribution is -2.23. The first-order chi connectivity index (χ1) is 15.8. The van der Waals surface area contributed by atoms with Gasteiger partial charge < -0.3 is 15.2 Å². The van der Waals surface area contributed by atoms with Crippen molar-refractivity contribution in [3.05, 3.63) is 94.4 Å². The number of fused-ring (bicyclic) bond motifs is 1. The van der Waals surface area contributed by atoms with Crippen molar-refractivity contribution in [1.29, 1.82) is 0 Å². The maximum atomic E-state index is 15.0. The number of aromatic nitrogens is 2. The van der Waals surface area contributed by atoms with Crippen LogP contribution in [-0.2, 0) is 0 Å². The number of rotatable bonds is 6. The van der Waals surface area contributed by atoms with Crippen LogP contribution in [0.25, 0.3) is 10.9 Å². The molecule has 5 nitrogen and oxygen atoms in total. The van der Waals surface area contributed by atoms with E-state index in [2.05, 4.69) is 9.97 Å². The summed E-state index contributed by atoms with van der Waals surface area (Å²) in [5.41, 5.74) is 10.5. The van der Waals surface area contributed by atoms with Gasteiger partial charge in [-0.15, -0.1) is 0 Å². The summed E-state index contributed by atoms with van der Waals surface area (Å²) in [7, 11) is 3.21. The van der Waals surface area contributed by atoms with Crippen LogP contribution in [0.1, 0.15) is 39.9 Å². The lowest BCUT2D eigenvalue weighted by atomic mass is 9.82. The Balaban J connectivity index is 1.97. The van der Waals surface area contributed by atoms with Gasteiger partial charge in [-0.25, -0.2) is 18.7 Å². The zero-order chi connectivity index (χ0) is 23.7. The predicted octanol–water partition coefficient (Wildman–Crippen LogP) is 5.37. The van der Waals surface area contributed by atoms with Gasteiger partial charge in [-0.3, -0.25) is 0 Å². The van der Waals surface area contributed by atoms with Crippen molar-refractivity contribution in [2.24, 2.45) is 5.73 Å². The van der Waals surface area contributed by atoms with Crippen LogP contribution < -0.4 is 15.2 Å². The molecule has 0 spiro atoms. The number of hydrogen-bond donors (Lipinski definition) is 1. The molecule has 170 valence electrons. The highest BCUT2D eigenvalue weighted by Crippen LogP contribution is 2.40. The molecule has 0 fully saturated rings. The molecule has 0 aliphatic carbocycles. The number of aryl methyl sites for hydroxylation is 2. The highest BCUT2D eigenvalue weighted by atomic mass is 19.1. The molecule has 1 heterocycles. The molecule has 0 radical (unpaired) electrons. The lowest BCUT2D eigenvalue weighted by molar-refractivity contribution is 0.411. The molecule has 4 rings (SSSR count). The third-order valence-corrected chi connectivity index (χ3v) is 5.95. The van der Waals surface area contributed by atoms with Crippen LogP contribution in [0.5, 0.6) is 11.5 Å². The fourth-order valence-corrected chi connectivity index (χ4v) is 4.29. The largest absolute Gasteiger partial charge is 0.496 e. The number of nitrogens with zero attached hydrogens (tertiary/aromatic N) is 2. The summed E-state index contributed by atoms with van der Waals surface area (Å²) in [6, 6.07) is 12.8. The molecule has 2 N–H and O–H groups in total. The third-order valence-electron chi connectivity index (χ3n) is 5.95. The van der Waals surface area contributed by atoms with Crippen molar-refractivity contribution >= 4 is 10.9 Å². The highest BCUT2D eigenvalue weighted by Gasteiger charge is 2.29. The van der Waals surface area contributed by atoms with Crippen molar-refractivity contribution in [3.63, 3.8) is 0 Å². The molecule has 0 bridgehead atoms. The first kappa shape index (κ1) is 22.6.